The normalized spacial score (nSPS) is 18.0. The van der Waals surface area contributed by atoms with Crippen LogP contribution in [0.1, 0.15) is 31.9 Å². The molecule has 3 rings (SSSR count). The van der Waals surface area contributed by atoms with Crippen LogP contribution in [0.4, 0.5) is 0 Å². The molecule has 0 radical (unpaired) electrons. The Labute approximate surface area is 131 Å². The summed E-state index contributed by atoms with van der Waals surface area (Å²) in [7, 11) is 0. The van der Waals surface area contributed by atoms with Gasteiger partial charge in [0.25, 0.3) is 0 Å². The van der Waals surface area contributed by atoms with E-state index >= 15 is 0 Å². The molecule has 0 unspecified atom stereocenters. The van der Waals surface area contributed by atoms with Crippen LogP contribution in [0.25, 0.3) is 5.65 Å². The van der Waals surface area contributed by atoms with Crippen LogP contribution in [-0.4, -0.2) is 33.3 Å². The highest BCUT2D eigenvalue weighted by Crippen LogP contribution is 2.27. The van der Waals surface area contributed by atoms with Gasteiger partial charge in [-0.25, -0.2) is 4.98 Å². The number of hydrogen-bond donors (Lipinski definition) is 0. The monoisotopic (exact) mass is 301 g/mol. The zero-order valence-corrected chi connectivity index (χ0v) is 13.5. The van der Waals surface area contributed by atoms with Crippen LogP contribution in [0.2, 0.25) is 0 Å². The summed E-state index contributed by atoms with van der Waals surface area (Å²) in [5, 5.41) is 0. The van der Waals surface area contributed by atoms with E-state index in [1.54, 1.807) is 4.91 Å². The molecule has 0 aliphatic carbocycles. The summed E-state index contributed by atoms with van der Waals surface area (Å²) in [6, 6.07) is 6.38. The minimum absolute atomic E-state index is 1.05. The molecule has 0 atom stereocenters. The first-order valence-electron chi connectivity index (χ1n) is 7.82. The lowest BCUT2D eigenvalue weighted by atomic mass is 10.2. The third-order valence-electron chi connectivity index (χ3n) is 3.89. The average molecular weight is 301 g/mol. The predicted molar refractivity (Wildman–Crippen MR) is 90.5 cm³/mol. The van der Waals surface area contributed by atoms with E-state index in [0.29, 0.717) is 0 Å². The van der Waals surface area contributed by atoms with Crippen molar-refractivity contribution < 1.29 is 0 Å². The summed E-state index contributed by atoms with van der Waals surface area (Å²) < 4.78 is 2.20. The number of fused-ring (bicyclic) bond motifs is 1. The Hall–Kier alpha value is -1.26. The first-order chi connectivity index (χ1) is 10.4. The largest absolute Gasteiger partial charge is 0.304 e. The highest BCUT2D eigenvalue weighted by molar-refractivity contribution is 8.03. The van der Waals surface area contributed by atoms with Gasteiger partial charge in [-0.05, 0) is 42.8 Å². The summed E-state index contributed by atoms with van der Waals surface area (Å²) >= 11 is 2.01. The summed E-state index contributed by atoms with van der Waals surface area (Å²) in [5.74, 6) is 1.16. The van der Waals surface area contributed by atoms with E-state index in [4.69, 9.17) is 0 Å². The van der Waals surface area contributed by atoms with Gasteiger partial charge in [0.15, 0.2) is 0 Å². The lowest BCUT2D eigenvalue weighted by Crippen LogP contribution is -2.21. The van der Waals surface area contributed by atoms with Crippen LogP contribution in [0.15, 0.2) is 41.6 Å². The molecule has 0 aromatic carbocycles. The average Bonchev–Trinajstić information content (AvgIpc) is 3.14. The topological polar surface area (TPSA) is 20.5 Å². The fraction of sp³-hybridized carbons (Fsp3) is 0.471. The number of aromatic nitrogens is 2. The van der Waals surface area contributed by atoms with Crippen molar-refractivity contribution in [2.45, 2.75) is 32.6 Å². The smallest absolute Gasteiger partial charge is 0.136 e. The standard InChI is InChI=1S/C17H23N3S/c1-2-3-8-16-13-19(14-21-16)11-5-7-15-6-4-9-17-18-10-12-20(15)17/h4,6,8-10,12H,2-3,5,7,11,13-14H2,1H3. The molecule has 0 amide bonds. The van der Waals surface area contributed by atoms with Gasteiger partial charge in [-0.3, -0.25) is 4.90 Å². The zero-order chi connectivity index (χ0) is 14.5. The van der Waals surface area contributed by atoms with Crippen molar-refractivity contribution in [3.05, 3.63) is 47.3 Å². The Balaban J connectivity index is 1.50. The second-order valence-electron chi connectivity index (χ2n) is 5.56. The van der Waals surface area contributed by atoms with Gasteiger partial charge in [0.1, 0.15) is 5.65 Å². The molecule has 1 saturated heterocycles. The van der Waals surface area contributed by atoms with Gasteiger partial charge < -0.3 is 4.40 Å². The highest BCUT2D eigenvalue weighted by Gasteiger charge is 2.16. The number of hydrogen-bond acceptors (Lipinski definition) is 3. The molecule has 0 N–H and O–H groups in total. The fourth-order valence-electron chi connectivity index (χ4n) is 2.75. The Morgan fingerprint density at radius 2 is 2.33 bits per heavy atom. The van der Waals surface area contributed by atoms with Crippen molar-refractivity contribution in [1.82, 2.24) is 14.3 Å². The number of unbranched alkanes of at least 4 members (excludes halogenated alkanes) is 1. The molecule has 1 aliphatic rings. The highest BCUT2D eigenvalue weighted by atomic mass is 32.2. The molecule has 2 aromatic rings. The third kappa shape index (κ3) is 3.69. The van der Waals surface area contributed by atoms with Crippen molar-refractivity contribution in [3.63, 3.8) is 0 Å². The van der Waals surface area contributed by atoms with Crippen molar-refractivity contribution in [2.75, 3.05) is 19.0 Å². The van der Waals surface area contributed by atoms with Gasteiger partial charge >= 0.3 is 0 Å². The maximum absolute atomic E-state index is 4.35. The van der Waals surface area contributed by atoms with Gasteiger partial charge in [-0.15, -0.1) is 11.8 Å². The van der Waals surface area contributed by atoms with Crippen molar-refractivity contribution in [1.29, 1.82) is 0 Å². The van der Waals surface area contributed by atoms with Crippen LogP contribution < -0.4 is 0 Å². The molecule has 0 bridgehead atoms. The molecule has 1 fully saturated rings. The molecule has 21 heavy (non-hydrogen) atoms. The number of imidazole rings is 1. The Kier molecular flexibility index (Phi) is 4.99. The third-order valence-corrected chi connectivity index (χ3v) is 5.05. The predicted octanol–water partition coefficient (Wildman–Crippen LogP) is 3.96. The first kappa shape index (κ1) is 14.7. The van der Waals surface area contributed by atoms with E-state index in [2.05, 4.69) is 51.7 Å². The Bertz CT molecular complexity index is 617. The summed E-state index contributed by atoms with van der Waals surface area (Å²) in [6.45, 7) is 4.58. The number of nitrogens with zero attached hydrogens (tertiary/aromatic N) is 3. The van der Waals surface area contributed by atoms with Crippen LogP contribution in [0.3, 0.4) is 0 Å². The van der Waals surface area contributed by atoms with E-state index in [1.165, 1.54) is 31.5 Å². The summed E-state index contributed by atoms with van der Waals surface area (Å²) in [5.41, 5.74) is 2.41. The molecule has 1 aliphatic heterocycles. The Morgan fingerprint density at radius 3 is 3.24 bits per heavy atom. The number of pyridine rings is 1. The minimum atomic E-state index is 1.05. The van der Waals surface area contributed by atoms with Gasteiger partial charge in [0.05, 0.1) is 0 Å². The SMILES string of the molecule is CCCC=C1CN(CCCc2cccc3nccn23)CS1. The van der Waals surface area contributed by atoms with E-state index in [0.717, 1.165) is 24.5 Å². The Morgan fingerprint density at radius 1 is 1.38 bits per heavy atom. The molecule has 112 valence electrons. The van der Waals surface area contributed by atoms with E-state index < -0.39 is 0 Å². The molecule has 3 nitrogen and oxygen atoms in total. The van der Waals surface area contributed by atoms with Crippen LogP contribution >= 0.6 is 11.8 Å². The van der Waals surface area contributed by atoms with Gasteiger partial charge in [0, 0.05) is 30.5 Å². The molecule has 2 aromatic heterocycles. The molecular formula is C17H23N3S. The number of aryl methyl sites for hydroxylation is 1. The van der Waals surface area contributed by atoms with Crippen molar-refractivity contribution in [3.8, 4) is 0 Å². The van der Waals surface area contributed by atoms with Gasteiger partial charge in [-0.1, -0.05) is 25.5 Å². The van der Waals surface area contributed by atoms with Gasteiger partial charge in [0.2, 0.25) is 0 Å². The van der Waals surface area contributed by atoms with E-state index in [-0.39, 0.29) is 0 Å². The number of allylic oxidation sites excluding steroid dienone is 1. The number of rotatable bonds is 6. The maximum Gasteiger partial charge on any atom is 0.136 e. The maximum atomic E-state index is 4.35. The molecular weight excluding hydrogens is 278 g/mol. The fourth-order valence-corrected chi connectivity index (χ4v) is 3.83. The summed E-state index contributed by atoms with van der Waals surface area (Å²) in [6.07, 6.45) is 11.1. The van der Waals surface area contributed by atoms with E-state index in [1.807, 2.05) is 18.0 Å². The van der Waals surface area contributed by atoms with Crippen LogP contribution in [0, 0.1) is 0 Å². The van der Waals surface area contributed by atoms with Crippen molar-refractivity contribution in [2.24, 2.45) is 0 Å². The molecule has 4 heteroatoms. The quantitative estimate of drug-likeness (QED) is 0.805. The van der Waals surface area contributed by atoms with Crippen LogP contribution in [0.5, 0.6) is 0 Å². The van der Waals surface area contributed by atoms with Gasteiger partial charge in [-0.2, -0.15) is 0 Å². The number of thioether (sulfide) groups is 1. The van der Waals surface area contributed by atoms with Crippen molar-refractivity contribution >= 4 is 17.4 Å². The molecule has 3 heterocycles. The second kappa shape index (κ2) is 7.14. The first-order valence-corrected chi connectivity index (χ1v) is 8.80. The second-order valence-corrected chi connectivity index (χ2v) is 6.63. The zero-order valence-electron chi connectivity index (χ0n) is 12.7. The lowest BCUT2D eigenvalue weighted by molar-refractivity contribution is 0.358. The lowest BCUT2D eigenvalue weighted by Gasteiger charge is -2.13. The molecule has 0 saturated carbocycles. The summed E-state index contributed by atoms with van der Waals surface area (Å²) in [4.78, 5) is 8.46. The van der Waals surface area contributed by atoms with Crippen LogP contribution in [-0.2, 0) is 6.42 Å². The minimum Gasteiger partial charge on any atom is -0.304 e. The molecule has 0 spiro atoms. The van der Waals surface area contributed by atoms with E-state index in [9.17, 15) is 0 Å².